The zero-order valence-electron chi connectivity index (χ0n) is 17.6. The molecule has 0 aliphatic carbocycles. The molecule has 1 aromatic heterocycles. The third kappa shape index (κ3) is 4.21. The van der Waals surface area contributed by atoms with Gasteiger partial charge in [-0.1, -0.05) is 0 Å². The first kappa shape index (κ1) is 21.9. The maximum absolute atomic E-state index is 13.2. The molecule has 0 radical (unpaired) electrons. The molecule has 2 heterocycles. The van der Waals surface area contributed by atoms with E-state index in [1.807, 2.05) is 0 Å². The minimum atomic E-state index is -3.87. The Morgan fingerprint density at radius 1 is 1.19 bits per heavy atom. The molecule has 1 aliphatic rings. The van der Waals surface area contributed by atoms with Gasteiger partial charge < -0.3 is 19.2 Å². The molecular formula is C21H23N3O7S. The highest BCUT2D eigenvalue weighted by atomic mass is 32.2. The summed E-state index contributed by atoms with van der Waals surface area (Å²) in [5.74, 6) is -0.442. The summed E-state index contributed by atoms with van der Waals surface area (Å²) in [6, 6.07) is 9.24. The summed E-state index contributed by atoms with van der Waals surface area (Å²) in [6.45, 7) is 0.342. The van der Waals surface area contributed by atoms with Gasteiger partial charge in [0.15, 0.2) is 5.58 Å². The molecular weight excluding hydrogens is 438 g/mol. The van der Waals surface area contributed by atoms with Crippen LogP contribution < -0.4 is 20.5 Å². The number of piperidine rings is 1. The number of aromatic nitrogens is 1. The van der Waals surface area contributed by atoms with Crippen LogP contribution in [0.25, 0.3) is 11.1 Å². The second-order valence-corrected chi connectivity index (χ2v) is 9.37. The minimum absolute atomic E-state index is 0.00521. The van der Waals surface area contributed by atoms with Gasteiger partial charge in [0.1, 0.15) is 11.5 Å². The molecule has 2 aromatic carbocycles. The van der Waals surface area contributed by atoms with Crippen molar-refractivity contribution in [2.45, 2.75) is 17.7 Å². The number of sulfonamides is 1. The summed E-state index contributed by atoms with van der Waals surface area (Å²) >= 11 is 0. The van der Waals surface area contributed by atoms with Crippen molar-refractivity contribution in [2.24, 2.45) is 5.92 Å². The molecule has 0 saturated carbocycles. The van der Waals surface area contributed by atoms with Crippen LogP contribution in [0, 0.1) is 5.92 Å². The third-order valence-corrected chi connectivity index (χ3v) is 7.31. The summed E-state index contributed by atoms with van der Waals surface area (Å²) in [4.78, 5) is 26.7. The smallest absolute Gasteiger partial charge is 0.417 e. The van der Waals surface area contributed by atoms with Crippen LogP contribution in [0.1, 0.15) is 12.8 Å². The van der Waals surface area contributed by atoms with Gasteiger partial charge in [0.25, 0.3) is 0 Å². The summed E-state index contributed by atoms with van der Waals surface area (Å²) in [5, 5.41) is 2.83. The number of rotatable bonds is 6. The van der Waals surface area contributed by atoms with E-state index in [1.165, 1.54) is 36.7 Å². The number of methoxy groups -OCH3 is 2. The number of H-pyrrole nitrogens is 1. The van der Waals surface area contributed by atoms with Crippen LogP contribution in [-0.2, 0) is 14.8 Å². The van der Waals surface area contributed by atoms with Gasteiger partial charge in [-0.25, -0.2) is 13.2 Å². The number of carbonyl (C=O) groups excluding carboxylic acids is 1. The van der Waals surface area contributed by atoms with E-state index in [1.54, 1.807) is 18.2 Å². The summed E-state index contributed by atoms with van der Waals surface area (Å²) in [6.07, 6.45) is 1.10. The van der Waals surface area contributed by atoms with E-state index >= 15 is 0 Å². The number of benzene rings is 2. The van der Waals surface area contributed by atoms with Crippen molar-refractivity contribution < 1.29 is 27.1 Å². The standard InChI is InChI=1S/C21H23N3O7S/c1-29-14-5-7-16(18(10-14)30-2)22-20(25)13-4-3-9-24(12-13)32(27,28)15-6-8-17-19(11-15)31-21(26)23-17/h5-8,10-11,13H,3-4,9,12H2,1-2H3,(H,22,25)(H,23,26). The van der Waals surface area contributed by atoms with Gasteiger partial charge >= 0.3 is 5.76 Å². The van der Waals surface area contributed by atoms with Crippen molar-refractivity contribution in [1.29, 1.82) is 0 Å². The number of fused-ring (bicyclic) bond motifs is 1. The first-order valence-corrected chi connectivity index (χ1v) is 11.4. The molecule has 0 spiro atoms. The number of hydrogen-bond acceptors (Lipinski definition) is 7. The topological polar surface area (TPSA) is 131 Å². The van der Waals surface area contributed by atoms with E-state index in [0.29, 0.717) is 42.1 Å². The lowest BCUT2D eigenvalue weighted by atomic mass is 9.98. The Kier molecular flexibility index (Phi) is 5.94. The molecule has 1 amide bonds. The second-order valence-electron chi connectivity index (χ2n) is 7.43. The largest absolute Gasteiger partial charge is 0.497 e. The third-order valence-electron chi connectivity index (χ3n) is 5.45. The summed E-state index contributed by atoms with van der Waals surface area (Å²) in [7, 11) is -0.847. The van der Waals surface area contributed by atoms with E-state index < -0.39 is 21.7 Å². The predicted molar refractivity (Wildman–Crippen MR) is 116 cm³/mol. The first-order chi connectivity index (χ1) is 15.3. The Morgan fingerprint density at radius 2 is 2.00 bits per heavy atom. The van der Waals surface area contributed by atoms with E-state index in [-0.39, 0.29) is 22.9 Å². The normalized spacial score (nSPS) is 17.2. The Bertz CT molecular complexity index is 1310. The van der Waals surface area contributed by atoms with Crippen LogP contribution in [0.4, 0.5) is 5.69 Å². The number of nitrogens with zero attached hydrogens (tertiary/aromatic N) is 1. The van der Waals surface area contributed by atoms with Crippen molar-refractivity contribution >= 4 is 32.7 Å². The van der Waals surface area contributed by atoms with Gasteiger partial charge in [0.05, 0.1) is 36.2 Å². The Morgan fingerprint density at radius 3 is 2.75 bits per heavy atom. The number of ether oxygens (including phenoxy) is 2. The average molecular weight is 461 g/mol. The number of aromatic amines is 1. The van der Waals surface area contributed by atoms with Crippen LogP contribution in [0.2, 0.25) is 0 Å². The molecule has 0 bridgehead atoms. The fraction of sp³-hybridized carbons (Fsp3) is 0.333. The Hall–Kier alpha value is -3.31. The number of oxazole rings is 1. The molecule has 3 aromatic rings. The zero-order valence-corrected chi connectivity index (χ0v) is 18.4. The van der Waals surface area contributed by atoms with Gasteiger partial charge in [-0.15, -0.1) is 0 Å². The van der Waals surface area contributed by atoms with Crippen molar-refractivity contribution in [1.82, 2.24) is 9.29 Å². The quantitative estimate of drug-likeness (QED) is 0.575. The molecule has 10 nitrogen and oxygen atoms in total. The molecule has 170 valence electrons. The molecule has 2 N–H and O–H groups in total. The number of nitrogens with one attached hydrogen (secondary N) is 2. The lowest BCUT2D eigenvalue weighted by molar-refractivity contribution is -0.120. The van der Waals surface area contributed by atoms with Crippen LogP contribution >= 0.6 is 0 Å². The lowest BCUT2D eigenvalue weighted by Gasteiger charge is -2.31. The molecule has 1 saturated heterocycles. The average Bonchev–Trinajstić information content (AvgIpc) is 3.18. The number of amides is 1. The minimum Gasteiger partial charge on any atom is -0.497 e. The Balaban J connectivity index is 1.52. The molecule has 11 heteroatoms. The SMILES string of the molecule is COc1ccc(NC(=O)C2CCCN(S(=O)(=O)c3ccc4[nH]c(=O)oc4c3)C2)c(OC)c1. The fourth-order valence-electron chi connectivity index (χ4n) is 3.75. The molecule has 1 fully saturated rings. The molecule has 4 rings (SSSR count). The molecule has 32 heavy (non-hydrogen) atoms. The van der Waals surface area contributed by atoms with Crippen molar-refractivity contribution in [3.8, 4) is 11.5 Å². The van der Waals surface area contributed by atoms with Crippen LogP contribution in [-0.4, -0.2) is 50.9 Å². The molecule has 1 unspecified atom stereocenters. The van der Waals surface area contributed by atoms with Gasteiger partial charge in [-0.2, -0.15) is 4.31 Å². The van der Waals surface area contributed by atoms with Gasteiger partial charge in [0, 0.05) is 25.2 Å². The lowest BCUT2D eigenvalue weighted by Crippen LogP contribution is -2.43. The van der Waals surface area contributed by atoms with Crippen molar-refractivity contribution in [2.75, 3.05) is 32.6 Å². The number of hydrogen-bond donors (Lipinski definition) is 2. The first-order valence-electron chi connectivity index (χ1n) is 9.97. The van der Waals surface area contributed by atoms with Crippen LogP contribution in [0.5, 0.6) is 11.5 Å². The van der Waals surface area contributed by atoms with Crippen molar-refractivity contribution in [3.05, 3.63) is 46.9 Å². The molecule has 1 atom stereocenters. The van der Waals surface area contributed by atoms with E-state index in [0.717, 1.165) is 0 Å². The van der Waals surface area contributed by atoms with E-state index in [4.69, 9.17) is 13.9 Å². The van der Waals surface area contributed by atoms with Gasteiger partial charge in [0.2, 0.25) is 15.9 Å². The summed E-state index contributed by atoms with van der Waals surface area (Å²) < 4.78 is 43.1. The van der Waals surface area contributed by atoms with E-state index in [2.05, 4.69) is 10.3 Å². The van der Waals surface area contributed by atoms with Crippen LogP contribution in [0.3, 0.4) is 0 Å². The van der Waals surface area contributed by atoms with Crippen LogP contribution in [0.15, 0.2) is 50.5 Å². The maximum Gasteiger partial charge on any atom is 0.417 e. The van der Waals surface area contributed by atoms with Crippen molar-refractivity contribution in [3.63, 3.8) is 0 Å². The zero-order chi connectivity index (χ0) is 22.9. The number of anilines is 1. The highest BCUT2D eigenvalue weighted by molar-refractivity contribution is 7.89. The fourth-order valence-corrected chi connectivity index (χ4v) is 5.29. The monoisotopic (exact) mass is 461 g/mol. The maximum atomic E-state index is 13.2. The Labute approximate surface area is 184 Å². The molecule has 1 aliphatic heterocycles. The highest BCUT2D eigenvalue weighted by Crippen LogP contribution is 2.31. The van der Waals surface area contributed by atoms with Gasteiger partial charge in [-0.3, -0.25) is 9.78 Å². The van der Waals surface area contributed by atoms with E-state index in [9.17, 15) is 18.0 Å². The summed E-state index contributed by atoms with van der Waals surface area (Å²) in [5.41, 5.74) is 1.05. The second kappa shape index (κ2) is 8.67. The number of carbonyl (C=O) groups is 1. The van der Waals surface area contributed by atoms with Gasteiger partial charge in [-0.05, 0) is 37.1 Å². The predicted octanol–water partition coefficient (Wildman–Crippen LogP) is 2.18. The highest BCUT2D eigenvalue weighted by Gasteiger charge is 2.34.